The fourth-order valence-corrected chi connectivity index (χ4v) is 1.74. The predicted octanol–water partition coefficient (Wildman–Crippen LogP) is 1.33. The first-order valence-electron chi connectivity index (χ1n) is 5.43. The summed E-state index contributed by atoms with van der Waals surface area (Å²) in [6.07, 6.45) is 6.71. The van der Waals surface area contributed by atoms with Crippen LogP contribution in [0.3, 0.4) is 0 Å². The highest BCUT2D eigenvalue weighted by Gasteiger charge is 2.06. The van der Waals surface area contributed by atoms with Gasteiger partial charge >= 0.3 is 0 Å². The van der Waals surface area contributed by atoms with E-state index in [0.717, 1.165) is 24.6 Å². The topological polar surface area (TPSA) is 47.7 Å². The highest BCUT2D eigenvalue weighted by Crippen LogP contribution is 2.10. The van der Waals surface area contributed by atoms with Crippen molar-refractivity contribution >= 4 is 5.95 Å². The molecule has 5 heteroatoms. The van der Waals surface area contributed by atoms with Gasteiger partial charge in [0.25, 0.3) is 0 Å². The molecule has 0 amide bonds. The molecule has 86 valence electrons. The average molecular weight is 219 g/mol. The van der Waals surface area contributed by atoms with E-state index in [0.29, 0.717) is 0 Å². The molecule has 2 aromatic rings. The highest BCUT2D eigenvalue weighted by atomic mass is 15.3. The van der Waals surface area contributed by atoms with E-state index in [1.54, 1.807) is 6.20 Å². The summed E-state index contributed by atoms with van der Waals surface area (Å²) in [5.41, 5.74) is 2.37. The Bertz CT molecular complexity index is 468. The van der Waals surface area contributed by atoms with Crippen molar-refractivity contribution in [3.05, 3.63) is 29.8 Å². The molecule has 0 aliphatic carbocycles. The van der Waals surface area contributed by atoms with Gasteiger partial charge < -0.3 is 9.88 Å². The van der Waals surface area contributed by atoms with Crippen LogP contribution in [0.25, 0.3) is 0 Å². The Labute approximate surface area is 95.1 Å². The van der Waals surface area contributed by atoms with E-state index in [1.807, 2.05) is 29.5 Å². The van der Waals surface area contributed by atoms with Crippen LogP contribution in [0.1, 0.15) is 18.2 Å². The van der Waals surface area contributed by atoms with Crippen LogP contribution in [-0.4, -0.2) is 19.3 Å². The molecule has 0 aromatic carbocycles. The molecule has 0 aliphatic heterocycles. The summed E-state index contributed by atoms with van der Waals surface area (Å²) in [5.74, 6) is 0.880. The van der Waals surface area contributed by atoms with Crippen LogP contribution < -0.4 is 5.32 Å². The van der Waals surface area contributed by atoms with Gasteiger partial charge in [-0.3, -0.25) is 4.68 Å². The van der Waals surface area contributed by atoms with E-state index in [-0.39, 0.29) is 0 Å². The molecule has 0 atom stereocenters. The molecule has 0 saturated heterocycles. The molecular weight excluding hydrogens is 202 g/mol. The van der Waals surface area contributed by atoms with Gasteiger partial charge in [0.2, 0.25) is 5.95 Å². The maximum Gasteiger partial charge on any atom is 0.202 e. The van der Waals surface area contributed by atoms with Gasteiger partial charge in [0.05, 0.1) is 5.69 Å². The van der Waals surface area contributed by atoms with Gasteiger partial charge in [0.1, 0.15) is 0 Å². The minimum Gasteiger partial charge on any atom is -0.351 e. The zero-order chi connectivity index (χ0) is 11.5. The van der Waals surface area contributed by atoms with E-state index < -0.39 is 0 Å². The van der Waals surface area contributed by atoms with Crippen molar-refractivity contribution in [2.45, 2.75) is 19.9 Å². The summed E-state index contributed by atoms with van der Waals surface area (Å²) in [4.78, 5) is 4.22. The van der Waals surface area contributed by atoms with Crippen molar-refractivity contribution in [3.8, 4) is 0 Å². The third kappa shape index (κ3) is 2.08. The van der Waals surface area contributed by atoms with Crippen molar-refractivity contribution in [1.82, 2.24) is 19.3 Å². The molecular formula is C11H17N5. The zero-order valence-corrected chi connectivity index (χ0v) is 9.94. The van der Waals surface area contributed by atoms with E-state index in [9.17, 15) is 0 Å². The lowest BCUT2D eigenvalue weighted by Gasteiger charge is -2.05. The molecule has 2 aromatic heterocycles. The smallest absolute Gasteiger partial charge is 0.202 e. The summed E-state index contributed by atoms with van der Waals surface area (Å²) in [6, 6.07) is 0. The maximum atomic E-state index is 4.40. The van der Waals surface area contributed by atoms with Crippen LogP contribution in [0, 0.1) is 0 Å². The molecule has 0 fully saturated rings. The SMILES string of the molecule is CCc1nn(C)cc1CNc1nccn1C. The highest BCUT2D eigenvalue weighted by molar-refractivity contribution is 5.29. The quantitative estimate of drug-likeness (QED) is 0.844. The summed E-state index contributed by atoms with van der Waals surface area (Å²) >= 11 is 0. The number of nitrogens with one attached hydrogen (secondary N) is 1. The van der Waals surface area contributed by atoms with Crippen molar-refractivity contribution in [2.24, 2.45) is 14.1 Å². The lowest BCUT2D eigenvalue weighted by Crippen LogP contribution is -2.05. The largest absolute Gasteiger partial charge is 0.351 e. The molecule has 5 nitrogen and oxygen atoms in total. The number of hydrogen-bond donors (Lipinski definition) is 1. The molecule has 16 heavy (non-hydrogen) atoms. The summed E-state index contributed by atoms with van der Waals surface area (Å²) in [5, 5.41) is 7.70. The minimum absolute atomic E-state index is 0.766. The number of imidazole rings is 1. The predicted molar refractivity (Wildman–Crippen MR) is 63.1 cm³/mol. The maximum absolute atomic E-state index is 4.40. The monoisotopic (exact) mass is 219 g/mol. The van der Waals surface area contributed by atoms with Crippen LogP contribution in [-0.2, 0) is 27.1 Å². The molecule has 0 unspecified atom stereocenters. The Morgan fingerprint density at radius 2 is 2.19 bits per heavy atom. The Morgan fingerprint density at radius 1 is 1.38 bits per heavy atom. The molecule has 0 spiro atoms. The summed E-state index contributed by atoms with van der Waals surface area (Å²) in [7, 11) is 3.92. The van der Waals surface area contributed by atoms with Gasteiger partial charge in [-0.1, -0.05) is 6.92 Å². The molecule has 0 saturated carbocycles. The number of aromatic nitrogens is 4. The Kier molecular flexibility index (Phi) is 2.94. The summed E-state index contributed by atoms with van der Waals surface area (Å²) in [6.45, 7) is 2.88. The van der Waals surface area contributed by atoms with Crippen molar-refractivity contribution in [3.63, 3.8) is 0 Å². The standard InChI is InChI=1S/C11H17N5/c1-4-10-9(8-16(3)14-10)7-13-11-12-5-6-15(11)2/h5-6,8H,4,7H2,1-3H3,(H,12,13). The number of anilines is 1. The Balaban J connectivity index is 2.07. The van der Waals surface area contributed by atoms with Gasteiger partial charge in [-0.05, 0) is 6.42 Å². The van der Waals surface area contributed by atoms with Crippen LogP contribution in [0.5, 0.6) is 0 Å². The summed E-state index contributed by atoms with van der Waals surface area (Å²) < 4.78 is 3.82. The molecule has 2 heterocycles. The van der Waals surface area contributed by atoms with Crippen molar-refractivity contribution in [1.29, 1.82) is 0 Å². The lowest BCUT2D eigenvalue weighted by molar-refractivity contribution is 0.746. The first-order chi connectivity index (χ1) is 7.70. The zero-order valence-electron chi connectivity index (χ0n) is 9.94. The van der Waals surface area contributed by atoms with E-state index in [2.05, 4.69) is 28.5 Å². The van der Waals surface area contributed by atoms with Crippen LogP contribution >= 0.6 is 0 Å². The van der Waals surface area contributed by atoms with Gasteiger partial charge in [-0.2, -0.15) is 5.10 Å². The molecule has 0 radical (unpaired) electrons. The van der Waals surface area contributed by atoms with E-state index in [1.165, 1.54) is 5.56 Å². The number of hydrogen-bond acceptors (Lipinski definition) is 3. The molecule has 0 bridgehead atoms. The first-order valence-corrected chi connectivity index (χ1v) is 5.43. The average Bonchev–Trinajstić information content (AvgIpc) is 2.81. The molecule has 2 rings (SSSR count). The van der Waals surface area contributed by atoms with Gasteiger partial charge in [0, 0.05) is 44.8 Å². The van der Waals surface area contributed by atoms with Crippen LogP contribution in [0.2, 0.25) is 0 Å². The van der Waals surface area contributed by atoms with Gasteiger partial charge in [-0.25, -0.2) is 4.98 Å². The second-order valence-corrected chi connectivity index (χ2v) is 3.84. The normalized spacial score (nSPS) is 10.7. The Hall–Kier alpha value is -1.78. The fourth-order valence-electron chi connectivity index (χ4n) is 1.74. The van der Waals surface area contributed by atoms with E-state index in [4.69, 9.17) is 0 Å². The van der Waals surface area contributed by atoms with Crippen molar-refractivity contribution < 1.29 is 0 Å². The van der Waals surface area contributed by atoms with Gasteiger partial charge in [-0.15, -0.1) is 0 Å². The molecule has 1 N–H and O–H groups in total. The third-order valence-electron chi connectivity index (χ3n) is 2.58. The Morgan fingerprint density at radius 3 is 2.81 bits per heavy atom. The van der Waals surface area contributed by atoms with E-state index >= 15 is 0 Å². The lowest BCUT2D eigenvalue weighted by atomic mass is 10.2. The minimum atomic E-state index is 0.766. The number of aryl methyl sites for hydroxylation is 3. The second-order valence-electron chi connectivity index (χ2n) is 3.84. The molecule has 0 aliphatic rings. The second kappa shape index (κ2) is 4.38. The van der Waals surface area contributed by atoms with Crippen LogP contribution in [0.15, 0.2) is 18.6 Å². The van der Waals surface area contributed by atoms with Gasteiger partial charge in [0.15, 0.2) is 0 Å². The first kappa shape index (κ1) is 10.7. The number of nitrogens with zero attached hydrogens (tertiary/aromatic N) is 4. The van der Waals surface area contributed by atoms with Crippen molar-refractivity contribution in [2.75, 3.05) is 5.32 Å². The van der Waals surface area contributed by atoms with Crippen LogP contribution in [0.4, 0.5) is 5.95 Å². The third-order valence-corrected chi connectivity index (χ3v) is 2.58. The fraction of sp³-hybridized carbons (Fsp3) is 0.455. The number of rotatable bonds is 4.